The highest BCUT2D eigenvalue weighted by Gasteiger charge is 2.50. The lowest BCUT2D eigenvalue weighted by atomic mass is 10.1. The zero-order valence-corrected chi connectivity index (χ0v) is 12.9. The lowest BCUT2D eigenvalue weighted by Gasteiger charge is -2.08. The van der Waals surface area contributed by atoms with E-state index >= 15 is 0 Å². The number of urea groups is 1. The summed E-state index contributed by atoms with van der Waals surface area (Å²) in [7, 11) is 0. The van der Waals surface area contributed by atoms with Crippen LogP contribution in [0.15, 0.2) is 54.6 Å². The summed E-state index contributed by atoms with van der Waals surface area (Å²) < 4.78 is 0. The van der Waals surface area contributed by atoms with Crippen molar-refractivity contribution in [2.45, 2.75) is 5.79 Å². The molecule has 0 aliphatic heterocycles. The molecule has 2 aromatic rings. The van der Waals surface area contributed by atoms with Crippen molar-refractivity contribution in [1.29, 1.82) is 0 Å². The summed E-state index contributed by atoms with van der Waals surface area (Å²) in [5, 5.41) is 18.2. The van der Waals surface area contributed by atoms with E-state index in [1.807, 2.05) is 35.8 Å². The number of carbonyl (C=O) groups excluding carboxylic acids is 3. The van der Waals surface area contributed by atoms with E-state index in [1.54, 1.807) is 12.1 Å². The Labute approximate surface area is 142 Å². The first-order chi connectivity index (χ1) is 11.9. The number of para-hydroxylation sites is 1. The molecule has 25 heavy (non-hydrogen) atoms. The minimum atomic E-state index is -2.86. The molecule has 0 spiro atoms. The van der Waals surface area contributed by atoms with Gasteiger partial charge in [0.1, 0.15) is 0 Å². The molecule has 0 heterocycles. The topological polar surface area (TPSA) is 154 Å². The van der Waals surface area contributed by atoms with E-state index in [1.165, 1.54) is 12.1 Å². The minimum Gasteiger partial charge on any atom is -0.353 e. The van der Waals surface area contributed by atoms with Gasteiger partial charge in [-0.15, -0.1) is 0 Å². The Balaban J connectivity index is 0.000000181. The van der Waals surface area contributed by atoms with Gasteiger partial charge in [0.15, 0.2) is 0 Å². The molecule has 3 rings (SSSR count). The lowest BCUT2D eigenvalue weighted by Crippen LogP contribution is -2.42. The van der Waals surface area contributed by atoms with Crippen LogP contribution in [0.3, 0.4) is 0 Å². The summed E-state index contributed by atoms with van der Waals surface area (Å²) in [6.07, 6.45) is 0. The van der Waals surface area contributed by atoms with Crippen molar-refractivity contribution in [1.82, 2.24) is 10.9 Å². The molecule has 1 aliphatic carbocycles. The van der Waals surface area contributed by atoms with E-state index in [2.05, 4.69) is 10.9 Å². The number of hydrogen-bond acceptors (Lipinski definition) is 7. The summed E-state index contributed by atoms with van der Waals surface area (Å²) in [5.74, 6) is 0.0750. The zero-order chi connectivity index (χ0) is 18.4. The summed E-state index contributed by atoms with van der Waals surface area (Å²) in [4.78, 5) is 33.0. The Bertz CT molecular complexity index is 755. The van der Waals surface area contributed by atoms with Gasteiger partial charge in [0.25, 0.3) is 5.79 Å². The Morgan fingerprint density at radius 3 is 1.84 bits per heavy atom. The van der Waals surface area contributed by atoms with Crippen molar-refractivity contribution in [3.05, 3.63) is 65.7 Å². The molecule has 2 aromatic carbocycles. The molecule has 0 saturated heterocycles. The fourth-order valence-electron chi connectivity index (χ4n) is 2.04. The van der Waals surface area contributed by atoms with Gasteiger partial charge in [0, 0.05) is 11.1 Å². The molecule has 0 radical (unpaired) electrons. The first kappa shape index (κ1) is 18.1. The molecule has 0 unspecified atom stereocenters. The number of anilines is 1. The van der Waals surface area contributed by atoms with Crippen molar-refractivity contribution in [3.63, 3.8) is 0 Å². The molecular weight excluding hydrogens is 328 g/mol. The maximum absolute atomic E-state index is 11.2. The molecule has 0 saturated carbocycles. The first-order valence-electron chi connectivity index (χ1n) is 7.09. The second-order valence-electron chi connectivity index (χ2n) is 4.97. The molecular formula is C16H16N4O5. The predicted molar refractivity (Wildman–Crippen MR) is 88.2 cm³/mol. The van der Waals surface area contributed by atoms with E-state index in [0.717, 1.165) is 5.69 Å². The number of fused-ring (bicyclic) bond motifs is 1. The number of hydrogen-bond donors (Lipinski definition) is 6. The van der Waals surface area contributed by atoms with Gasteiger partial charge in [-0.3, -0.25) is 25.9 Å². The highest BCUT2D eigenvalue weighted by Crippen LogP contribution is 2.27. The zero-order valence-electron chi connectivity index (χ0n) is 12.9. The predicted octanol–water partition coefficient (Wildman–Crippen LogP) is -0.0671. The van der Waals surface area contributed by atoms with E-state index in [9.17, 15) is 14.4 Å². The number of nitrogens with two attached hydrogens (primary N) is 1. The third-order valence-electron chi connectivity index (χ3n) is 3.27. The van der Waals surface area contributed by atoms with Gasteiger partial charge in [-0.1, -0.05) is 42.5 Å². The van der Waals surface area contributed by atoms with E-state index < -0.39 is 23.4 Å². The van der Waals surface area contributed by atoms with Crippen molar-refractivity contribution >= 4 is 23.3 Å². The molecule has 7 N–H and O–H groups in total. The van der Waals surface area contributed by atoms with Crippen LogP contribution in [0.25, 0.3) is 0 Å². The van der Waals surface area contributed by atoms with Crippen LogP contribution in [-0.4, -0.2) is 33.6 Å². The van der Waals surface area contributed by atoms with Crippen LogP contribution in [0.5, 0.6) is 0 Å². The number of benzene rings is 2. The Kier molecular flexibility index (Phi) is 5.45. The number of rotatable bonds is 2. The highest BCUT2D eigenvalue weighted by molar-refractivity contribution is 6.30. The summed E-state index contributed by atoms with van der Waals surface area (Å²) in [6.45, 7) is 0. The van der Waals surface area contributed by atoms with Crippen LogP contribution in [0.4, 0.5) is 10.5 Å². The Hall–Kier alpha value is -3.27. The van der Waals surface area contributed by atoms with Crippen molar-refractivity contribution < 1.29 is 24.6 Å². The van der Waals surface area contributed by atoms with E-state index in [-0.39, 0.29) is 11.1 Å². The number of Topliss-reactive ketones (excluding diaryl/α,β-unsaturated/α-hetero) is 2. The van der Waals surface area contributed by atoms with Gasteiger partial charge < -0.3 is 10.2 Å². The van der Waals surface area contributed by atoms with E-state index in [0.29, 0.717) is 0 Å². The maximum atomic E-state index is 11.2. The highest BCUT2D eigenvalue weighted by atomic mass is 16.5. The number of amides is 2. The molecule has 0 bridgehead atoms. The van der Waals surface area contributed by atoms with Crippen LogP contribution < -0.4 is 22.1 Å². The normalized spacial score (nSPS) is 14.0. The van der Waals surface area contributed by atoms with Gasteiger partial charge in [-0.05, 0) is 12.1 Å². The SMILES string of the molecule is NNC(=O)NNc1ccccc1.O=C1c2ccccc2C(=O)C1(O)O. The molecule has 9 heteroatoms. The summed E-state index contributed by atoms with van der Waals surface area (Å²) in [6, 6.07) is 14.6. The van der Waals surface area contributed by atoms with Crippen molar-refractivity contribution in [2.24, 2.45) is 5.84 Å². The second kappa shape index (κ2) is 7.53. The standard InChI is InChI=1S/C9H6O4.C7H10N4O/c10-7-5-3-1-2-4-6(5)8(11)9(7,12)13;8-9-7(12)11-10-6-4-2-1-3-5-6/h1-4,12-13H;1-5,10H,8H2,(H2,9,11,12). The van der Waals surface area contributed by atoms with Crippen molar-refractivity contribution in [3.8, 4) is 0 Å². The molecule has 130 valence electrons. The Morgan fingerprint density at radius 1 is 0.880 bits per heavy atom. The lowest BCUT2D eigenvalue weighted by molar-refractivity contribution is -0.0857. The molecule has 1 aliphatic rings. The van der Waals surface area contributed by atoms with Gasteiger partial charge in [0.05, 0.1) is 5.69 Å². The van der Waals surface area contributed by atoms with E-state index in [4.69, 9.17) is 16.1 Å². The number of hydrazine groups is 2. The molecule has 0 fully saturated rings. The number of ketones is 2. The van der Waals surface area contributed by atoms with Crippen LogP contribution in [0, 0.1) is 0 Å². The summed E-state index contributed by atoms with van der Waals surface area (Å²) in [5.41, 5.74) is 7.83. The van der Waals surface area contributed by atoms with Gasteiger partial charge >= 0.3 is 6.03 Å². The van der Waals surface area contributed by atoms with Crippen LogP contribution in [0.1, 0.15) is 20.7 Å². The first-order valence-corrected chi connectivity index (χ1v) is 7.09. The largest absolute Gasteiger partial charge is 0.353 e. The average molecular weight is 344 g/mol. The smallest absolute Gasteiger partial charge is 0.347 e. The van der Waals surface area contributed by atoms with Crippen molar-refractivity contribution in [2.75, 3.05) is 5.43 Å². The number of carbonyl (C=O) groups is 3. The fourth-order valence-corrected chi connectivity index (χ4v) is 2.04. The molecule has 0 atom stereocenters. The van der Waals surface area contributed by atoms with Gasteiger partial charge in [-0.25, -0.2) is 10.6 Å². The van der Waals surface area contributed by atoms with Crippen LogP contribution in [0.2, 0.25) is 0 Å². The third-order valence-corrected chi connectivity index (χ3v) is 3.27. The minimum absolute atomic E-state index is 0.0671. The molecule has 9 nitrogen and oxygen atoms in total. The summed E-state index contributed by atoms with van der Waals surface area (Å²) >= 11 is 0. The fraction of sp³-hybridized carbons (Fsp3) is 0.0625. The quantitative estimate of drug-likeness (QED) is 0.147. The number of nitrogens with one attached hydrogen (secondary N) is 3. The monoisotopic (exact) mass is 344 g/mol. The molecule has 0 aromatic heterocycles. The van der Waals surface area contributed by atoms with Gasteiger partial charge in [-0.2, -0.15) is 0 Å². The third kappa shape index (κ3) is 3.98. The van der Waals surface area contributed by atoms with Gasteiger partial charge in [0.2, 0.25) is 11.6 Å². The molecule has 2 amide bonds. The van der Waals surface area contributed by atoms with Crippen LogP contribution in [-0.2, 0) is 0 Å². The van der Waals surface area contributed by atoms with Crippen LogP contribution >= 0.6 is 0 Å². The maximum Gasteiger partial charge on any atom is 0.347 e. The average Bonchev–Trinajstić information content (AvgIpc) is 2.82. The Morgan fingerprint density at radius 2 is 1.36 bits per heavy atom. The number of aliphatic hydroxyl groups is 2. The second-order valence-corrected chi connectivity index (χ2v) is 4.97.